The predicted molar refractivity (Wildman–Crippen MR) is 139 cm³/mol. The minimum Gasteiger partial charge on any atom is -0.404 e. The lowest BCUT2D eigenvalue weighted by molar-refractivity contribution is -0.275. The van der Waals surface area contributed by atoms with Crippen molar-refractivity contribution >= 4 is 32.7 Å². The molecule has 2 aromatic carbocycles. The average Bonchev–Trinajstić information content (AvgIpc) is 2.89. The van der Waals surface area contributed by atoms with Crippen LogP contribution in [0.2, 0.25) is 0 Å². The molecule has 0 amide bonds. The monoisotopic (exact) mass is 552 g/mol. The third kappa shape index (κ3) is 7.45. The molecule has 38 heavy (non-hydrogen) atoms. The van der Waals surface area contributed by atoms with Gasteiger partial charge in [-0.05, 0) is 61.8 Å². The summed E-state index contributed by atoms with van der Waals surface area (Å²) in [5, 5.41) is 7.49. The largest absolute Gasteiger partial charge is 0.573 e. The summed E-state index contributed by atoms with van der Waals surface area (Å²) < 4.78 is 69.8. The number of anilines is 2. The third-order valence-electron chi connectivity index (χ3n) is 6.48. The van der Waals surface area contributed by atoms with Crippen molar-refractivity contribution in [1.82, 2.24) is 14.7 Å². The van der Waals surface area contributed by atoms with Crippen molar-refractivity contribution < 1.29 is 26.3 Å². The summed E-state index contributed by atoms with van der Waals surface area (Å²) in [6, 6.07) is 12.4. The van der Waals surface area contributed by atoms with Crippen LogP contribution in [0.25, 0.3) is 10.9 Å². The number of rotatable bonds is 11. The van der Waals surface area contributed by atoms with Crippen LogP contribution in [0, 0.1) is 11.8 Å². The average molecular weight is 553 g/mol. The van der Waals surface area contributed by atoms with Crippen molar-refractivity contribution in [2.24, 2.45) is 17.6 Å². The molecule has 0 saturated heterocycles. The Morgan fingerprint density at radius 3 is 2.29 bits per heavy atom. The van der Waals surface area contributed by atoms with E-state index in [4.69, 9.17) is 5.73 Å². The SMILES string of the molecule is NCCNc1nc(NC[C@H]2CC[C@H](CNS(=O)(=O)c3ccccc3OC(F)(F)F)CC2)nc2ccccc12. The van der Waals surface area contributed by atoms with Gasteiger partial charge in [0.1, 0.15) is 16.5 Å². The fourth-order valence-corrected chi connectivity index (χ4v) is 5.79. The fraction of sp³-hybridized carbons (Fsp3) is 0.440. The van der Waals surface area contributed by atoms with Gasteiger partial charge in [-0.2, -0.15) is 4.98 Å². The van der Waals surface area contributed by atoms with Crippen LogP contribution in [-0.2, 0) is 10.0 Å². The molecule has 5 N–H and O–H groups in total. The van der Waals surface area contributed by atoms with Crippen molar-refractivity contribution in [1.29, 1.82) is 0 Å². The molecule has 0 radical (unpaired) electrons. The molecule has 1 heterocycles. The zero-order valence-corrected chi connectivity index (χ0v) is 21.5. The van der Waals surface area contributed by atoms with Gasteiger partial charge in [0.25, 0.3) is 0 Å². The van der Waals surface area contributed by atoms with Gasteiger partial charge in [0, 0.05) is 31.6 Å². The van der Waals surface area contributed by atoms with Gasteiger partial charge in [-0.15, -0.1) is 13.2 Å². The number of nitrogens with two attached hydrogens (primary N) is 1. The van der Waals surface area contributed by atoms with Gasteiger partial charge in [0.05, 0.1) is 5.52 Å². The van der Waals surface area contributed by atoms with E-state index in [0.717, 1.165) is 54.5 Å². The smallest absolute Gasteiger partial charge is 0.404 e. The van der Waals surface area contributed by atoms with Crippen LogP contribution >= 0.6 is 0 Å². The molecule has 4 rings (SSSR count). The molecule has 13 heteroatoms. The van der Waals surface area contributed by atoms with Crippen molar-refractivity contribution in [3.8, 4) is 5.75 Å². The number of nitrogens with one attached hydrogen (secondary N) is 3. The number of sulfonamides is 1. The second-order valence-electron chi connectivity index (χ2n) is 9.24. The summed E-state index contributed by atoms with van der Waals surface area (Å²) in [7, 11) is -4.17. The quantitative estimate of drug-likeness (QED) is 0.280. The number of hydrogen-bond donors (Lipinski definition) is 4. The van der Waals surface area contributed by atoms with Crippen LogP contribution < -0.4 is 25.8 Å². The van der Waals surface area contributed by atoms with Crippen molar-refractivity contribution in [3.05, 3.63) is 48.5 Å². The summed E-state index contributed by atoms with van der Waals surface area (Å²) in [6.07, 6.45) is -1.66. The number of para-hydroxylation sites is 2. The molecule has 1 aliphatic rings. The van der Waals surface area contributed by atoms with Crippen LogP contribution in [-0.4, -0.2) is 50.9 Å². The minimum absolute atomic E-state index is 0.0840. The molecule has 1 fully saturated rings. The first-order valence-corrected chi connectivity index (χ1v) is 13.9. The zero-order chi connectivity index (χ0) is 27.2. The Labute approximate surface area is 219 Å². The first-order chi connectivity index (χ1) is 18.1. The van der Waals surface area contributed by atoms with Crippen LogP contribution in [0.3, 0.4) is 0 Å². The third-order valence-corrected chi connectivity index (χ3v) is 7.94. The second-order valence-corrected chi connectivity index (χ2v) is 11.0. The molecule has 0 bridgehead atoms. The highest BCUT2D eigenvalue weighted by atomic mass is 32.2. The van der Waals surface area contributed by atoms with Crippen molar-refractivity contribution in [3.63, 3.8) is 0 Å². The topological polar surface area (TPSA) is 131 Å². The summed E-state index contributed by atoms with van der Waals surface area (Å²) in [5.41, 5.74) is 6.45. The lowest BCUT2D eigenvalue weighted by atomic mass is 9.82. The number of halogens is 3. The summed E-state index contributed by atoms with van der Waals surface area (Å²) in [5.74, 6) is 0.944. The summed E-state index contributed by atoms with van der Waals surface area (Å²) in [4.78, 5) is 8.68. The standard InChI is InChI=1S/C25H31F3N6O3S/c26-25(27,28)37-21-7-3-4-8-22(21)38(35,36)32-16-18-11-9-17(10-12-18)15-31-24-33-20-6-2-1-5-19(20)23(34-24)30-14-13-29/h1-8,17-18,32H,9-16,29H2,(H2,30,31,33,34)/t17-,18-. The minimum atomic E-state index is -4.99. The number of hydrogen-bond acceptors (Lipinski definition) is 8. The molecule has 0 atom stereocenters. The highest BCUT2D eigenvalue weighted by Crippen LogP contribution is 2.31. The maximum absolute atomic E-state index is 12.7. The van der Waals surface area contributed by atoms with Gasteiger partial charge in [-0.25, -0.2) is 18.1 Å². The molecule has 1 saturated carbocycles. The van der Waals surface area contributed by atoms with Crippen LogP contribution in [0.1, 0.15) is 25.7 Å². The molecule has 206 valence electrons. The number of ether oxygens (including phenoxy) is 1. The Bertz CT molecular complexity index is 1330. The molecular formula is C25H31F3N6O3S. The van der Waals surface area contributed by atoms with Crippen molar-refractivity contribution in [2.45, 2.75) is 36.9 Å². The molecule has 0 unspecified atom stereocenters. The molecule has 3 aromatic rings. The van der Waals surface area contributed by atoms with E-state index >= 15 is 0 Å². The Morgan fingerprint density at radius 2 is 1.58 bits per heavy atom. The van der Waals surface area contributed by atoms with Gasteiger partial charge in [-0.3, -0.25) is 0 Å². The van der Waals surface area contributed by atoms with Crippen LogP contribution in [0.4, 0.5) is 24.9 Å². The van der Waals surface area contributed by atoms with E-state index in [1.165, 1.54) is 12.1 Å². The van der Waals surface area contributed by atoms with E-state index in [1.54, 1.807) is 0 Å². The first kappa shape index (κ1) is 27.9. The number of aromatic nitrogens is 2. The molecule has 0 spiro atoms. The van der Waals surface area contributed by atoms with Gasteiger partial charge >= 0.3 is 6.36 Å². The molecule has 1 aliphatic carbocycles. The van der Waals surface area contributed by atoms with E-state index in [1.807, 2.05) is 24.3 Å². The lowest BCUT2D eigenvalue weighted by Gasteiger charge is -2.28. The summed E-state index contributed by atoms with van der Waals surface area (Å²) >= 11 is 0. The lowest BCUT2D eigenvalue weighted by Crippen LogP contribution is -2.33. The number of nitrogens with zero attached hydrogens (tertiary/aromatic N) is 2. The van der Waals surface area contributed by atoms with E-state index < -0.39 is 27.0 Å². The Kier molecular flexibility index (Phi) is 8.90. The normalized spacial score (nSPS) is 18.3. The summed E-state index contributed by atoms with van der Waals surface area (Å²) in [6.45, 7) is 1.89. The highest BCUT2D eigenvalue weighted by molar-refractivity contribution is 7.89. The molecule has 0 aliphatic heterocycles. The molecule has 1 aromatic heterocycles. The Hall–Kier alpha value is -3.16. The van der Waals surface area contributed by atoms with Gasteiger partial charge in [0.15, 0.2) is 0 Å². The maximum atomic E-state index is 12.7. The van der Waals surface area contributed by atoms with Crippen molar-refractivity contribution in [2.75, 3.05) is 36.8 Å². The zero-order valence-electron chi connectivity index (χ0n) is 20.7. The number of alkyl halides is 3. The fourth-order valence-electron chi connectivity index (χ4n) is 4.54. The van der Waals surface area contributed by atoms with Gasteiger partial charge < -0.3 is 21.1 Å². The number of benzene rings is 2. The molecule has 9 nitrogen and oxygen atoms in total. The highest BCUT2D eigenvalue weighted by Gasteiger charge is 2.34. The first-order valence-electron chi connectivity index (χ1n) is 12.4. The van der Waals surface area contributed by atoms with Gasteiger partial charge in [0.2, 0.25) is 16.0 Å². The maximum Gasteiger partial charge on any atom is 0.573 e. The molecular weight excluding hydrogens is 521 g/mol. The van der Waals surface area contributed by atoms with E-state index in [0.29, 0.717) is 31.5 Å². The Morgan fingerprint density at radius 1 is 0.921 bits per heavy atom. The number of fused-ring (bicyclic) bond motifs is 1. The van der Waals surface area contributed by atoms with E-state index in [9.17, 15) is 21.6 Å². The van der Waals surface area contributed by atoms with Gasteiger partial charge in [-0.1, -0.05) is 24.3 Å². The van der Waals surface area contributed by atoms with E-state index in [-0.39, 0.29) is 12.5 Å². The second kappa shape index (κ2) is 12.1. The van der Waals surface area contributed by atoms with Crippen LogP contribution in [0.15, 0.2) is 53.4 Å². The van der Waals surface area contributed by atoms with E-state index in [2.05, 4.69) is 30.1 Å². The van der Waals surface area contributed by atoms with Crippen LogP contribution in [0.5, 0.6) is 5.75 Å². The Balaban J connectivity index is 1.29. The predicted octanol–water partition coefficient (Wildman–Crippen LogP) is 4.10.